The third-order valence-corrected chi connectivity index (χ3v) is 4.48. The van der Waals surface area contributed by atoms with Gasteiger partial charge in [-0.25, -0.2) is 5.43 Å². The molecule has 0 aromatic heterocycles. The lowest BCUT2D eigenvalue weighted by Crippen LogP contribution is -2.21. The predicted molar refractivity (Wildman–Crippen MR) is 115 cm³/mol. The van der Waals surface area contributed by atoms with E-state index in [9.17, 15) is 9.59 Å². The topological polar surface area (TPSA) is 73.8 Å². The van der Waals surface area contributed by atoms with Crippen LogP contribution in [0.3, 0.4) is 0 Å². The second-order valence-electron chi connectivity index (χ2n) is 6.09. The van der Waals surface area contributed by atoms with Crippen LogP contribution in [-0.4, -0.2) is 31.1 Å². The molecule has 0 heterocycles. The lowest BCUT2D eigenvalue weighted by Gasteiger charge is -2.20. The molecule has 2 amide bonds. The molecule has 148 valence electrons. The van der Waals surface area contributed by atoms with Crippen LogP contribution in [0.15, 0.2) is 53.6 Å². The van der Waals surface area contributed by atoms with Gasteiger partial charge in [-0.15, -0.1) is 0 Å². The van der Waals surface area contributed by atoms with Crippen molar-refractivity contribution >= 4 is 41.0 Å². The van der Waals surface area contributed by atoms with Crippen LogP contribution in [0.1, 0.15) is 32.3 Å². The lowest BCUT2D eigenvalue weighted by molar-refractivity contribution is -0.124. The lowest BCUT2D eigenvalue weighted by atomic mass is 10.2. The van der Waals surface area contributed by atoms with Crippen molar-refractivity contribution in [2.24, 2.45) is 5.10 Å². The average molecular weight is 401 g/mol. The van der Waals surface area contributed by atoms with E-state index in [-0.39, 0.29) is 24.7 Å². The van der Waals surface area contributed by atoms with Crippen LogP contribution < -0.4 is 15.6 Å². The number of hydrogen-bond donors (Lipinski definition) is 2. The van der Waals surface area contributed by atoms with Crippen LogP contribution in [0.5, 0.6) is 0 Å². The SMILES string of the molecule is CCN(CC)c1ccc(/C=N/NC(=O)CCC(=O)Nc2ccccc2Cl)cc1. The highest BCUT2D eigenvalue weighted by Gasteiger charge is 2.08. The summed E-state index contributed by atoms with van der Waals surface area (Å²) in [5, 5.41) is 7.08. The maximum atomic E-state index is 11.9. The van der Waals surface area contributed by atoms with Gasteiger partial charge in [0.15, 0.2) is 0 Å². The normalized spacial score (nSPS) is 10.7. The van der Waals surface area contributed by atoms with E-state index in [2.05, 4.69) is 34.6 Å². The first-order valence-electron chi connectivity index (χ1n) is 9.24. The number of nitrogens with one attached hydrogen (secondary N) is 2. The minimum atomic E-state index is -0.328. The van der Waals surface area contributed by atoms with Gasteiger partial charge >= 0.3 is 0 Å². The molecule has 0 saturated carbocycles. The van der Waals surface area contributed by atoms with Gasteiger partial charge in [-0.3, -0.25) is 9.59 Å². The number of carbonyl (C=O) groups is 2. The predicted octanol–water partition coefficient (Wildman–Crippen LogP) is 4.06. The molecule has 0 spiro atoms. The zero-order valence-electron chi connectivity index (χ0n) is 16.1. The Morgan fingerprint density at radius 3 is 2.29 bits per heavy atom. The van der Waals surface area contributed by atoms with E-state index >= 15 is 0 Å². The average Bonchev–Trinajstić information content (AvgIpc) is 2.70. The van der Waals surface area contributed by atoms with Crippen LogP contribution in [-0.2, 0) is 9.59 Å². The standard InChI is InChI=1S/C21H25ClN4O2/c1-3-26(4-2)17-11-9-16(10-12-17)15-23-25-21(28)14-13-20(27)24-19-8-6-5-7-18(19)22/h5-12,15H,3-4,13-14H2,1-2H3,(H,24,27)(H,25,28)/b23-15+. The Balaban J connectivity index is 1.76. The van der Waals surface area contributed by atoms with Crippen LogP contribution in [0.4, 0.5) is 11.4 Å². The number of halogens is 1. The van der Waals surface area contributed by atoms with Crippen LogP contribution in [0.25, 0.3) is 0 Å². The Hall–Kier alpha value is -2.86. The fourth-order valence-electron chi connectivity index (χ4n) is 2.60. The molecular formula is C21H25ClN4O2. The Bertz CT molecular complexity index is 817. The van der Waals surface area contributed by atoms with Crippen molar-refractivity contribution in [3.05, 3.63) is 59.1 Å². The van der Waals surface area contributed by atoms with Gasteiger partial charge < -0.3 is 10.2 Å². The molecule has 2 rings (SSSR count). The van der Waals surface area contributed by atoms with Gasteiger partial charge in [-0.05, 0) is 43.7 Å². The van der Waals surface area contributed by atoms with Crippen molar-refractivity contribution in [1.29, 1.82) is 0 Å². The number of hydrazone groups is 1. The second-order valence-corrected chi connectivity index (χ2v) is 6.49. The Kier molecular flexibility index (Phi) is 8.49. The van der Waals surface area contributed by atoms with Crippen molar-refractivity contribution in [2.75, 3.05) is 23.3 Å². The van der Waals surface area contributed by atoms with Crippen molar-refractivity contribution < 1.29 is 9.59 Å². The Morgan fingerprint density at radius 2 is 1.64 bits per heavy atom. The van der Waals surface area contributed by atoms with Gasteiger partial charge in [-0.1, -0.05) is 35.9 Å². The zero-order chi connectivity index (χ0) is 20.4. The number of nitrogens with zero attached hydrogens (tertiary/aromatic N) is 2. The molecule has 0 aliphatic heterocycles. The van der Waals surface area contributed by atoms with Gasteiger partial charge in [0.25, 0.3) is 0 Å². The van der Waals surface area contributed by atoms with Gasteiger partial charge in [0.05, 0.1) is 16.9 Å². The van der Waals surface area contributed by atoms with Crippen LogP contribution >= 0.6 is 11.6 Å². The Morgan fingerprint density at radius 1 is 1.00 bits per heavy atom. The highest BCUT2D eigenvalue weighted by molar-refractivity contribution is 6.33. The molecule has 2 N–H and O–H groups in total. The molecule has 0 atom stereocenters. The van der Waals surface area contributed by atoms with E-state index in [1.165, 1.54) is 0 Å². The molecule has 28 heavy (non-hydrogen) atoms. The summed E-state index contributed by atoms with van der Waals surface area (Å²) in [5.41, 5.74) is 4.99. The highest BCUT2D eigenvalue weighted by Crippen LogP contribution is 2.20. The summed E-state index contributed by atoms with van der Waals surface area (Å²) < 4.78 is 0. The molecule has 0 fully saturated rings. The van der Waals surface area contributed by atoms with Crippen LogP contribution in [0.2, 0.25) is 5.02 Å². The molecule has 0 aliphatic carbocycles. The van der Waals surface area contributed by atoms with E-state index < -0.39 is 0 Å². The minimum Gasteiger partial charge on any atom is -0.372 e. The highest BCUT2D eigenvalue weighted by atomic mass is 35.5. The van der Waals surface area contributed by atoms with E-state index in [0.717, 1.165) is 24.3 Å². The van der Waals surface area contributed by atoms with Crippen molar-refractivity contribution in [1.82, 2.24) is 5.43 Å². The van der Waals surface area contributed by atoms with Gasteiger partial charge in [0, 0.05) is 31.6 Å². The number of rotatable bonds is 9. The van der Waals surface area contributed by atoms with Crippen molar-refractivity contribution in [2.45, 2.75) is 26.7 Å². The molecule has 0 radical (unpaired) electrons. The first-order valence-corrected chi connectivity index (χ1v) is 9.62. The fourth-order valence-corrected chi connectivity index (χ4v) is 2.78. The molecule has 0 aliphatic rings. The largest absolute Gasteiger partial charge is 0.372 e. The number of anilines is 2. The zero-order valence-corrected chi connectivity index (χ0v) is 16.9. The molecule has 7 heteroatoms. The number of hydrogen-bond acceptors (Lipinski definition) is 4. The quantitative estimate of drug-likeness (QED) is 0.492. The summed E-state index contributed by atoms with van der Waals surface area (Å²) in [7, 11) is 0. The summed E-state index contributed by atoms with van der Waals surface area (Å²) in [6, 6.07) is 14.9. The summed E-state index contributed by atoms with van der Waals surface area (Å²) in [5.74, 6) is -0.607. The van der Waals surface area contributed by atoms with E-state index in [1.54, 1.807) is 30.5 Å². The molecule has 6 nitrogen and oxygen atoms in total. The van der Waals surface area contributed by atoms with E-state index in [1.807, 2.05) is 24.3 Å². The molecule has 0 saturated heterocycles. The smallest absolute Gasteiger partial charge is 0.240 e. The number of benzene rings is 2. The van der Waals surface area contributed by atoms with Crippen LogP contribution in [0, 0.1) is 0 Å². The molecule has 0 unspecified atom stereocenters. The molecule has 2 aromatic rings. The Labute approximate surface area is 170 Å². The van der Waals surface area contributed by atoms with Crippen molar-refractivity contribution in [3.8, 4) is 0 Å². The maximum absolute atomic E-state index is 11.9. The first kappa shape index (κ1) is 21.4. The second kappa shape index (κ2) is 11.1. The summed E-state index contributed by atoms with van der Waals surface area (Å²) in [4.78, 5) is 26.0. The number of amides is 2. The van der Waals surface area contributed by atoms with Gasteiger partial charge in [0.1, 0.15) is 0 Å². The van der Waals surface area contributed by atoms with E-state index in [0.29, 0.717) is 10.7 Å². The summed E-state index contributed by atoms with van der Waals surface area (Å²) >= 11 is 5.99. The third kappa shape index (κ3) is 6.70. The maximum Gasteiger partial charge on any atom is 0.240 e. The van der Waals surface area contributed by atoms with Gasteiger partial charge in [-0.2, -0.15) is 5.10 Å². The molecule has 2 aromatic carbocycles. The molecule has 0 bridgehead atoms. The monoisotopic (exact) mass is 400 g/mol. The van der Waals surface area contributed by atoms with Crippen molar-refractivity contribution in [3.63, 3.8) is 0 Å². The number of para-hydroxylation sites is 1. The first-order chi connectivity index (χ1) is 13.5. The third-order valence-electron chi connectivity index (χ3n) is 4.15. The minimum absolute atomic E-state index is 0.0362. The van der Waals surface area contributed by atoms with E-state index in [4.69, 9.17) is 11.6 Å². The number of carbonyl (C=O) groups excluding carboxylic acids is 2. The molecular weight excluding hydrogens is 376 g/mol. The van der Waals surface area contributed by atoms with Gasteiger partial charge in [0.2, 0.25) is 11.8 Å². The summed E-state index contributed by atoms with van der Waals surface area (Å²) in [6.07, 6.45) is 1.66. The summed E-state index contributed by atoms with van der Waals surface area (Å²) in [6.45, 7) is 6.13. The fraction of sp³-hybridized carbons (Fsp3) is 0.286.